The van der Waals surface area contributed by atoms with Gasteiger partial charge in [-0.05, 0) is 51.0 Å². The Bertz CT molecular complexity index is 724. The molecule has 6 nitrogen and oxygen atoms in total. The molecule has 0 saturated heterocycles. The molecule has 146 valence electrons. The highest BCUT2D eigenvalue weighted by Crippen LogP contribution is 2.13. The minimum Gasteiger partial charge on any atom is -0.497 e. The van der Waals surface area contributed by atoms with Crippen molar-refractivity contribution in [3.63, 3.8) is 0 Å². The molecule has 1 N–H and O–H groups in total. The number of pyridine rings is 1. The number of hydrogen-bond donors (Lipinski definition) is 1. The van der Waals surface area contributed by atoms with Gasteiger partial charge in [-0.25, -0.2) is 4.98 Å². The third-order valence-corrected chi connectivity index (χ3v) is 3.70. The minimum atomic E-state index is -0.191. The molecule has 0 unspecified atom stereocenters. The summed E-state index contributed by atoms with van der Waals surface area (Å²) in [7, 11) is 1.64. The van der Waals surface area contributed by atoms with Crippen LogP contribution >= 0.6 is 0 Å². The van der Waals surface area contributed by atoms with Crippen LogP contribution in [0.5, 0.6) is 11.6 Å². The van der Waals surface area contributed by atoms with Gasteiger partial charge in [0.05, 0.1) is 24.9 Å². The topological polar surface area (TPSA) is 69.7 Å². The van der Waals surface area contributed by atoms with E-state index in [0.29, 0.717) is 31.2 Å². The number of nitrogens with zero attached hydrogens (tertiary/aromatic N) is 1. The highest BCUT2D eigenvalue weighted by atomic mass is 16.5. The van der Waals surface area contributed by atoms with Gasteiger partial charge in [-0.2, -0.15) is 0 Å². The van der Waals surface area contributed by atoms with Crippen molar-refractivity contribution >= 4 is 5.91 Å². The second-order valence-electron chi connectivity index (χ2n) is 7.05. The molecule has 0 bridgehead atoms. The quantitative estimate of drug-likeness (QED) is 0.684. The Morgan fingerprint density at radius 3 is 2.63 bits per heavy atom. The first-order valence-corrected chi connectivity index (χ1v) is 9.01. The first-order valence-electron chi connectivity index (χ1n) is 9.01. The van der Waals surface area contributed by atoms with E-state index in [9.17, 15) is 4.79 Å². The number of ether oxygens (including phenoxy) is 3. The molecule has 27 heavy (non-hydrogen) atoms. The van der Waals surface area contributed by atoms with Crippen molar-refractivity contribution in [2.45, 2.75) is 32.8 Å². The highest BCUT2D eigenvalue weighted by molar-refractivity contribution is 5.93. The fourth-order valence-electron chi connectivity index (χ4n) is 2.34. The Morgan fingerprint density at radius 1 is 1.15 bits per heavy atom. The van der Waals surface area contributed by atoms with Crippen molar-refractivity contribution in [1.29, 1.82) is 0 Å². The fourth-order valence-corrected chi connectivity index (χ4v) is 2.34. The molecule has 0 atom stereocenters. The van der Waals surface area contributed by atoms with Gasteiger partial charge >= 0.3 is 0 Å². The number of benzene rings is 1. The average Bonchev–Trinajstić information content (AvgIpc) is 2.65. The van der Waals surface area contributed by atoms with Crippen LogP contribution in [0.1, 0.15) is 36.7 Å². The van der Waals surface area contributed by atoms with Crippen molar-refractivity contribution in [3.8, 4) is 11.6 Å². The third-order valence-electron chi connectivity index (χ3n) is 3.70. The van der Waals surface area contributed by atoms with E-state index < -0.39 is 0 Å². The number of amides is 1. The summed E-state index contributed by atoms with van der Waals surface area (Å²) in [5.74, 6) is 1.12. The normalized spacial score (nSPS) is 11.1. The largest absolute Gasteiger partial charge is 0.497 e. The lowest BCUT2D eigenvalue weighted by molar-refractivity contribution is -0.0168. The molecule has 0 spiro atoms. The maximum atomic E-state index is 12.2. The van der Waals surface area contributed by atoms with E-state index in [2.05, 4.69) is 10.3 Å². The number of methoxy groups -OCH3 is 1. The molecule has 1 amide bonds. The van der Waals surface area contributed by atoms with Crippen LogP contribution < -0.4 is 14.8 Å². The number of carbonyl (C=O) groups is 1. The standard InChI is InChI=1S/C21H28N2O4/c1-21(2,3)27-13-12-26-19-9-8-17(15-23-19)20(24)22-11-10-16-6-5-7-18(14-16)25-4/h5-9,14-15H,10-13H2,1-4H3,(H,22,24). The molecule has 0 aliphatic heterocycles. The number of aromatic nitrogens is 1. The second kappa shape index (κ2) is 9.92. The fraction of sp³-hybridized carbons (Fsp3) is 0.429. The van der Waals surface area contributed by atoms with Gasteiger partial charge in [-0.15, -0.1) is 0 Å². The van der Waals surface area contributed by atoms with Crippen molar-refractivity contribution in [1.82, 2.24) is 10.3 Å². The summed E-state index contributed by atoms with van der Waals surface area (Å²) in [5, 5.41) is 2.89. The van der Waals surface area contributed by atoms with Gasteiger partial charge < -0.3 is 19.5 Å². The van der Waals surface area contributed by atoms with Gasteiger partial charge in [0, 0.05) is 18.8 Å². The third kappa shape index (κ3) is 7.66. The lowest BCUT2D eigenvalue weighted by Crippen LogP contribution is -2.25. The predicted molar refractivity (Wildman–Crippen MR) is 104 cm³/mol. The SMILES string of the molecule is COc1cccc(CCNC(=O)c2ccc(OCCOC(C)(C)C)nc2)c1. The smallest absolute Gasteiger partial charge is 0.252 e. The number of nitrogens with one attached hydrogen (secondary N) is 1. The van der Waals surface area contributed by atoms with Crippen molar-refractivity contribution in [2.24, 2.45) is 0 Å². The lowest BCUT2D eigenvalue weighted by Gasteiger charge is -2.19. The van der Waals surface area contributed by atoms with Crippen molar-refractivity contribution in [2.75, 3.05) is 26.9 Å². The van der Waals surface area contributed by atoms with Crippen LogP contribution in [0.2, 0.25) is 0 Å². The van der Waals surface area contributed by atoms with Gasteiger partial charge in [-0.1, -0.05) is 12.1 Å². The van der Waals surface area contributed by atoms with Crippen LogP contribution in [0, 0.1) is 0 Å². The van der Waals surface area contributed by atoms with Gasteiger partial charge in [0.1, 0.15) is 12.4 Å². The van der Waals surface area contributed by atoms with E-state index >= 15 is 0 Å². The molecular formula is C21H28N2O4. The van der Waals surface area contributed by atoms with Crippen LogP contribution in [-0.4, -0.2) is 43.4 Å². The van der Waals surface area contributed by atoms with E-state index in [-0.39, 0.29) is 11.5 Å². The first-order chi connectivity index (χ1) is 12.9. The molecule has 0 fully saturated rings. The van der Waals surface area contributed by atoms with Gasteiger partial charge in [0.2, 0.25) is 5.88 Å². The number of hydrogen-bond acceptors (Lipinski definition) is 5. The second-order valence-corrected chi connectivity index (χ2v) is 7.05. The van der Waals surface area contributed by atoms with Crippen LogP contribution in [0.15, 0.2) is 42.6 Å². The summed E-state index contributed by atoms with van der Waals surface area (Å²) in [6.45, 7) is 7.41. The van der Waals surface area contributed by atoms with E-state index in [1.54, 1.807) is 19.2 Å². The van der Waals surface area contributed by atoms with Crippen LogP contribution in [0.3, 0.4) is 0 Å². The highest BCUT2D eigenvalue weighted by Gasteiger charge is 2.10. The lowest BCUT2D eigenvalue weighted by atomic mass is 10.1. The summed E-state index contributed by atoms with van der Waals surface area (Å²) in [6.07, 6.45) is 2.24. The van der Waals surface area contributed by atoms with Crippen LogP contribution in [-0.2, 0) is 11.2 Å². The Hall–Kier alpha value is -2.60. The van der Waals surface area contributed by atoms with E-state index in [0.717, 1.165) is 17.7 Å². The Balaban J connectivity index is 1.74. The average molecular weight is 372 g/mol. The molecule has 6 heteroatoms. The van der Waals surface area contributed by atoms with Gasteiger partial charge in [-0.3, -0.25) is 4.79 Å². The maximum Gasteiger partial charge on any atom is 0.252 e. The van der Waals surface area contributed by atoms with Gasteiger partial charge in [0.15, 0.2) is 0 Å². The predicted octanol–water partition coefficient (Wildman–Crippen LogP) is 3.26. The summed E-state index contributed by atoms with van der Waals surface area (Å²) < 4.78 is 16.3. The molecule has 1 aromatic carbocycles. The molecule has 1 heterocycles. The van der Waals surface area contributed by atoms with Crippen molar-refractivity contribution in [3.05, 3.63) is 53.7 Å². The monoisotopic (exact) mass is 372 g/mol. The Labute approximate surface area is 160 Å². The summed E-state index contributed by atoms with van der Waals surface area (Å²) in [4.78, 5) is 16.4. The summed E-state index contributed by atoms with van der Waals surface area (Å²) in [6, 6.07) is 11.2. The van der Waals surface area contributed by atoms with Crippen LogP contribution in [0.4, 0.5) is 0 Å². The first kappa shape index (κ1) is 20.7. The number of rotatable bonds is 9. The van der Waals surface area contributed by atoms with E-state index in [4.69, 9.17) is 14.2 Å². The van der Waals surface area contributed by atoms with Crippen LogP contribution in [0.25, 0.3) is 0 Å². The zero-order chi connectivity index (χ0) is 19.7. The van der Waals surface area contributed by atoms with E-state index in [1.807, 2.05) is 45.0 Å². The summed E-state index contributed by atoms with van der Waals surface area (Å²) in [5.41, 5.74) is 1.41. The number of carbonyl (C=O) groups excluding carboxylic acids is 1. The Kier molecular flexibility index (Phi) is 7.61. The summed E-state index contributed by atoms with van der Waals surface area (Å²) >= 11 is 0. The maximum absolute atomic E-state index is 12.2. The Morgan fingerprint density at radius 2 is 1.96 bits per heavy atom. The minimum absolute atomic E-state index is 0.159. The molecule has 1 aromatic heterocycles. The van der Waals surface area contributed by atoms with Gasteiger partial charge in [0.25, 0.3) is 5.91 Å². The molecular weight excluding hydrogens is 344 g/mol. The van der Waals surface area contributed by atoms with Crippen molar-refractivity contribution < 1.29 is 19.0 Å². The van der Waals surface area contributed by atoms with E-state index in [1.165, 1.54) is 6.20 Å². The zero-order valence-corrected chi connectivity index (χ0v) is 16.5. The zero-order valence-electron chi connectivity index (χ0n) is 16.5. The molecule has 0 saturated carbocycles. The molecule has 0 radical (unpaired) electrons. The molecule has 2 aromatic rings. The molecule has 0 aliphatic carbocycles. The molecule has 2 rings (SSSR count). The molecule has 0 aliphatic rings.